The SMILES string of the molecule is B.N.O=S(=O)([O-])O.[Na+]. The average molecular weight is 151 g/mol. The molecule has 8 heavy (non-hydrogen) atoms. The van der Waals surface area contributed by atoms with Crippen LogP contribution in [0.4, 0.5) is 0 Å². The summed E-state index contributed by atoms with van der Waals surface area (Å²) in [5.74, 6) is 0. The van der Waals surface area contributed by atoms with Crippen molar-refractivity contribution in [1.82, 2.24) is 6.15 Å². The molecule has 0 atom stereocenters. The van der Waals surface area contributed by atoms with Crippen LogP contribution in [-0.4, -0.2) is 25.9 Å². The molecule has 0 aliphatic rings. The fourth-order valence-electron chi connectivity index (χ4n) is 0. The Bertz CT molecular complexity index is 99.2. The van der Waals surface area contributed by atoms with E-state index in [1.165, 1.54) is 0 Å². The molecule has 0 unspecified atom stereocenters. The van der Waals surface area contributed by atoms with Crippen molar-refractivity contribution in [3.8, 4) is 0 Å². The van der Waals surface area contributed by atoms with Crippen LogP contribution in [0.3, 0.4) is 0 Å². The second-order valence-electron chi connectivity index (χ2n) is 0.428. The Kier molecular flexibility index (Phi) is 22.8. The Balaban J connectivity index is -0.0000000267. The van der Waals surface area contributed by atoms with E-state index in [1.807, 2.05) is 0 Å². The molecule has 0 saturated heterocycles. The second kappa shape index (κ2) is 7.89. The average Bonchev–Trinajstić information content (AvgIpc) is 0.722. The minimum absolute atomic E-state index is 0. The first kappa shape index (κ1) is 23.1. The van der Waals surface area contributed by atoms with Crippen molar-refractivity contribution in [2.45, 2.75) is 0 Å². The summed E-state index contributed by atoms with van der Waals surface area (Å²) in [7, 11) is -4.92. The van der Waals surface area contributed by atoms with Crippen LogP contribution >= 0.6 is 0 Å². The zero-order valence-corrected chi connectivity index (χ0v) is 6.60. The van der Waals surface area contributed by atoms with Gasteiger partial charge in [0, 0.05) is 0 Å². The van der Waals surface area contributed by atoms with Gasteiger partial charge in [-0.1, -0.05) is 0 Å². The van der Waals surface area contributed by atoms with Crippen LogP contribution in [0.15, 0.2) is 0 Å². The molecule has 0 bridgehead atoms. The van der Waals surface area contributed by atoms with E-state index in [9.17, 15) is 0 Å². The van der Waals surface area contributed by atoms with Gasteiger partial charge >= 0.3 is 29.6 Å². The minimum atomic E-state index is -4.92. The second-order valence-corrected chi connectivity index (χ2v) is 1.28. The molecular formula is H7BNNaO4S. The van der Waals surface area contributed by atoms with Crippen LogP contribution in [0.5, 0.6) is 0 Å². The molecule has 0 rings (SSSR count). The largest absolute Gasteiger partial charge is 1.00 e. The molecule has 0 radical (unpaired) electrons. The molecule has 0 aromatic carbocycles. The number of hydrogen-bond acceptors (Lipinski definition) is 4. The maximum atomic E-state index is 8.63. The third-order valence-corrected chi connectivity index (χ3v) is 0. The van der Waals surface area contributed by atoms with Crippen molar-refractivity contribution in [3.05, 3.63) is 0 Å². The monoisotopic (exact) mass is 151 g/mol. The molecule has 46 valence electrons. The molecule has 0 aliphatic heterocycles. The Hall–Kier alpha value is 0.895. The fraction of sp³-hybridized carbons (Fsp3) is 0. The van der Waals surface area contributed by atoms with Gasteiger partial charge in [-0.15, -0.1) is 0 Å². The normalized spacial score (nSPS) is 7.25. The van der Waals surface area contributed by atoms with E-state index in [0.29, 0.717) is 0 Å². The topological polar surface area (TPSA) is 112 Å². The van der Waals surface area contributed by atoms with Gasteiger partial charge in [-0.05, 0) is 0 Å². The number of rotatable bonds is 0. The first-order valence-corrected chi connectivity index (χ1v) is 2.05. The summed E-state index contributed by atoms with van der Waals surface area (Å²) in [5, 5.41) is 0. The molecule has 0 aliphatic carbocycles. The smallest absolute Gasteiger partial charge is 0.726 e. The first-order valence-electron chi connectivity index (χ1n) is 0.683. The molecule has 0 heterocycles. The van der Waals surface area contributed by atoms with Gasteiger partial charge < -0.3 is 10.7 Å². The van der Waals surface area contributed by atoms with Gasteiger partial charge in [0.1, 0.15) is 0 Å². The van der Waals surface area contributed by atoms with Crippen LogP contribution < -0.4 is 35.7 Å². The third kappa shape index (κ3) is 299. The standard InChI is InChI=1S/BH3.H3N.Na.H2O4S/c;;;1-5(2,3)4/h2*1H3;;(H2,1,2,3,4)/q;;+1;/p-1. The van der Waals surface area contributed by atoms with Crippen LogP contribution in [0.25, 0.3) is 0 Å². The van der Waals surface area contributed by atoms with E-state index < -0.39 is 10.4 Å². The molecule has 0 saturated carbocycles. The number of hydrogen-bond donors (Lipinski definition) is 2. The summed E-state index contributed by atoms with van der Waals surface area (Å²) < 4.78 is 32.8. The molecule has 0 aromatic heterocycles. The van der Waals surface area contributed by atoms with E-state index in [2.05, 4.69) is 0 Å². The molecule has 0 fully saturated rings. The van der Waals surface area contributed by atoms with E-state index in [-0.39, 0.29) is 44.1 Å². The zero-order chi connectivity index (χ0) is 4.50. The van der Waals surface area contributed by atoms with Crippen LogP contribution in [0.1, 0.15) is 0 Å². The van der Waals surface area contributed by atoms with E-state index >= 15 is 0 Å². The summed E-state index contributed by atoms with van der Waals surface area (Å²) in [6, 6.07) is 0. The van der Waals surface area contributed by atoms with Gasteiger partial charge in [0.25, 0.3) is 0 Å². The van der Waals surface area contributed by atoms with Crippen molar-refractivity contribution in [2.24, 2.45) is 0 Å². The summed E-state index contributed by atoms with van der Waals surface area (Å²) >= 11 is 0. The van der Waals surface area contributed by atoms with Crippen LogP contribution in [0, 0.1) is 0 Å². The van der Waals surface area contributed by atoms with Crippen LogP contribution in [-0.2, 0) is 10.4 Å². The molecule has 0 aromatic rings. The van der Waals surface area contributed by atoms with Crippen molar-refractivity contribution in [3.63, 3.8) is 0 Å². The van der Waals surface area contributed by atoms with Gasteiger partial charge in [-0.25, -0.2) is 8.42 Å². The molecule has 0 amide bonds. The fourth-order valence-corrected chi connectivity index (χ4v) is 0. The predicted octanol–water partition coefficient (Wildman–Crippen LogP) is -5.01. The van der Waals surface area contributed by atoms with Gasteiger partial charge in [-0.2, -0.15) is 0 Å². The quantitative estimate of drug-likeness (QED) is 0.204. The van der Waals surface area contributed by atoms with Crippen LogP contribution in [0.2, 0.25) is 0 Å². The Labute approximate surface area is 71.9 Å². The predicted molar refractivity (Wildman–Crippen MR) is 27.3 cm³/mol. The van der Waals surface area contributed by atoms with Crippen molar-refractivity contribution < 1.29 is 47.1 Å². The molecule has 0 spiro atoms. The summed E-state index contributed by atoms with van der Waals surface area (Å²) in [5.41, 5.74) is 0. The van der Waals surface area contributed by atoms with Crippen molar-refractivity contribution in [2.75, 3.05) is 0 Å². The van der Waals surface area contributed by atoms with Crippen molar-refractivity contribution >= 4 is 18.8 Å². The Morgan fingerprint density at radius 1 is 1.38 bits per heavy atom. The van der Waals surface area contributed by atoms with Gasteiger partial charge in [-0.3, -0.25) is 4.55 Å². The zero-order valence-electron chi connectivity index (χ0n) is 3.79. The minimum Gasteiger partial charge on any atom is -0.726 e. The maximum Gasteiger partial charge on any atom is 1.00 e. The summed E-state index contributed by atoms with van der Waals surface area (Å²) in [6.45, 7) is 0. The Morgan fingerprint density at radius 3 is 1.38 bits per heavy atom. The summed E-state index contributed by atoms with van der Waals surface area (Å²) in [4.78, 5) is 0. The molecular weight excluding hydrogens is 144 g/mol. The maximum absolute atomic E-state index is 8.63. The van der Waals surface area contributed by atoms with Gasteiger partial charge in [0.2, 0.25) is 10.4 Å². The summed E-state index contributed by atoms with van der Waals surface area (Å²) in [6.07, 6.45) is 0. The van der Waals surface area contributed by atoms with Crippen molar-refractivity contribution in [1.29, 1.82) is 0 Å². The Morgan fingerprint density at radius 2 is 1.38 bits per heavy atom. The first-order chi connectivity index (χ1) is 2.00. The third-order valence-electron chi connectivity index (χ3n) is 0. The van der Waals surface area contributed by atoms with E-state index in [4.69, 9.17) is 17.5 Å². The van der Waals surface area contributed by atoms with E-state index in [1.54, 1.807) is 0 Å². The van der Waals surface area contributed by atoms with Gasteiger partial charge in [0.15, 0.2) is 0 Å². The van der Waals surface area contributed by atoms with Gasteiger partial charge in [0.05, 0.1) is 8.41 Å². The molecule has 5 nitrogen and oxygen atoms in total. The molecule has 4 N–H and O–H groups in total. The van der Waals surface area contributed by atoms with E-state index in [0.717, 1.165) is 0 Å². The molecule has 8 heteroatoms.